The molecule has 0 aromatic rings. The molecular formula is C3H8N2O3S. The van der Waals surface area contributed by atoms with Crippen molar-refractivity contribution < 1.29 is 13.2 Å². The van der Waals surface area contributed by atoms with Gasteiger partial charge in [0.2, 0.25) is 0 Å². The van der Waals surface area contributed by atoms with E-state index in [0.717, 1.165) is 0 Å². The maximum atomic E-state index is 10.4. The summed E-state index contributed by atoms with van der Waals surface area (Å²) in [6.45, 7) is -0.191. The SMILES string of the molecule is CNS(=O)(=O)NCC=O. The van der Waals surface area contributed by atoms with E-state index >= 15 is 0 Å². The largest absolute Gasteiger partial charge is 0.302 e. The van der Waals surface area contributed by atoms with Crippen LogP contribution in [0.2, 0.25) is 0 Å². The van der Waals surface area contributed by atoms with Gasteiger partial charge in [-0.3, -0.25) is 0 Å². The molecule has 0 unspecified atom stereocenters. The number of aldehydes is 1. The Bertz CT molecular complexity index is 173. The molecule has 0 aliphatic carbocycles. The van der Waals surface area contributed by atoms with Crippen LogP contribution in [-0.4, -0.2) is 28.3 Å². The molecule has 0 aliphatic heterocycles. The van der Waals surface area contributed by atoms with E-state index in [1.165, 1.54) is 7.05 Å². The molecule has 0 fully saturated rings. The van der Waals surface area contributed by atoms with Crippen LogP contribution in [0, 0.1) is 0 Å². The molecule has 0 bridgehead atoms. The Kier molecular flexibility index (Phi) is 3.36. The van der Waals surface area contributed by atoms with Crippen LogP contribution in [0.15, 0.2) is 0 Å². The summed E-state index contributed by atoms with van der Waals surface area (Å²) < 4.78 is 24.7. The predicted octanol–water partition coefficient (Wildman–Crippen LogP) is -1.76. The highest BCUT2D eigenvalue weighted by molar-refractivity contribution is 7.87. The normalized spacial score (nSPS) is 11.2. The van der Waals surface area contributed by atoms with Crippen molar-refractivity contribution >= 4 is 16.5 Å². The number of rotatable bonds is 4. The summed E-state index contributed by atoms with van der Waals surface area (Å²) >= 11 is 0. The number of hydrogen-bond acceptors (Lipinski definition) is 3. The van der Waals surface area contributed by atoms with Gasteiger partial charge in [0.15, 0.2) is 0 Å². The summed E-state index contributed by atoms with van der Waals surface area (Å²) in [5.74, 6) is 0. The zero-order valence-corrected chi connectivity index (χ0v) is 5.73. The molecule has 6 heteroatoms. The summed E-state index contributed by atoms with van der Waals surface area (Å²) in [7, 11) is -2.16. The molecule has 0 saturated heterocycles. The molecule has 0 saturated carbocycles. The lowest BCUT2D eigenvalue weighted by atomic mass is 10.8. The average Bonchev–Trinajstić information content (AvgIpc) is 1.84. The van der Waals surface area contributed by atoms with Crippen LogP contribution in [0.1, 0.15) is 0 Å². The average molecular weight is 152 g/mol. The molecular weight excluding hydrogens is 144 g/mol. The first kappa shape index (κ1) is 8.54. The van der Waals surface area contributed by atoms with E-state index < -0.39 is 10.2 Å². The molecule has 0 amide bonds. The van der Waals surface area contributed by atoms with Gasteiger partial charge in [-0.15, -0.1) is 0 Å². The fourth-order valence-electron chi connectivity index (χ4n) is 0.216. The highest BCUT2D eigenvalue weighted by atomic mass is 32.2. The Morgan fingerprint density at radius 2 is 2.11 bits per heavy atom. The van der Waals surface area contributed by atoms with Gasteiger partial charge in [0.25, 0.3) is 10.2 Å². The van der Waals surface area contributed by atoms with Crippen molar-refractivity contribution in [2.45, 2.75) is 0 Å². The van der Waals surface area contributed by atoms with Gasteiger partial charge in [-0.1, -0.05) is 0 Å². The molecule has 0 radical (unpaired) electrons. The Hall–Kier alpha value is -0.460. The Morgan fingerprint density at radius 3 is 2.44 bits per heavy atom. The second-order valence-corrected chi connectivity index (χ2v) is 2.93. The Morgan fingerprint density at radius 1 is 1.56 bits per heavy atom. The van der Waals surface area contributed by atoms with Crippen LogP contribution in [0.5, 0.6) is 0 Å². The maximum Gasteiger partial charge on any atom is 0.277 e. The molecule has 9 heavy (non-hydrogen) atoms. The first-order chi connectivity index (χ1) is 4.12. The van der Waals surface area contributed by atoms with Crippen molar-refractivity contribution in [3.63, 3.8) is 0 Å². The third-order valence-electron chi connectivity index (χ3n) is 0.625. The number of nitrogens with one attached hydrogen (secondary N) is 2. The molecule has 2 N–H and O–H groups in total. The predicted molar refractivity (Wildman–Crippen MR) is 32.0 cm³/mol. The minimum absolute atomic E-state index is 0.191. The first-order valence-electron chi connectivity index (χ1n) is 2.24. The standard InChI is InChI=1S/C3H8N2O3S/c1-4-9(7,8)5-2-3-6/h3-5H,2H2,1H3. The topological polar surface area (TPSA) is 75.3 Å². The summed E-state index contributed by atoms with van der Waals surface area (Å²) in [5, 5.41) is 0. The van der Waals surface area contributed by atoms with Crippen molar-refractivity contribution in [3.05, 3.63) is 0 Å². The third kappa shape index (κ3) is 4.07. The van der Waals surface area contributed by atoms with Crippen LogP contribution in [0.4, 0.5) is 0 Å². The second-order valence-electron chi connectivity index (χ2n) is 1.22. The van der Waals surface area contributed by atoms with Crippen LogP contribution in [0.25, 0.3) is 0 Å². The van der Waals surface area contributed by atoms with E-state index in [1.54, 1.807) is 0 Å². The van der Waals surface area contributed by atoms with Gasteiger partial charge in [-0.05, 0) is 0 Å². The quantitative estimate of drug-likeness (QED) is 0.468. The van der Waals surface area contributed by atoms with E-state index in [2.05, 4.69) is 0 Å². The summed E-state index contributed by atoms with van der Waals surface area (Å²) in [6.07, 6.45) is 0.467. The molecule has 54 valence electrons. The van der Waals surface area contributed by atoms with E-state index in [1.807, 2.05) is 9.44 Å². The number of carbonyl (C=O) groups excluding carboxylic acids is 1. The minimum atomic E-state index is -3.41. The summed E-state index contributed by atoms with van der Waals surface area (Å²) in [4.78, 5) is 9.61. The smallest absolute Gasteiger partial charge is 0.277 e. The molecule has 0 atom stereocenters. The Labute approximate surface area is 53.6 Å². The molecule has 0 heterocycles. The van der Waals surface area contributed by atoms with E-state index in [4.69, 9.17) is 0 Å². The van der Waals surface area contributed by atoms with Gasteiger partial charge in [-0.2, -0.15) is 13.1 Å². The van der Waals surface area contributed by atoms with Gasteiger partial charge < -0.3 is 4.79 Å². The molecule has 0 spiro atoms. The van der Waals surface area contributed by atoms with E-state index in [0.29, 0.717) is 6.29 Å². The molecule has 5 nitrogen and oxygen atoms in total. The summed E-state index contributed by atoms with van der Waals surface area (Å²) in [6, 6.07) is 0. The van der Waals surface area contributed by atoms with Crippen molar-refractivity contribution in [2.24, 2.45) is 0 Å². The monoisotopic (exact) mass is 152 g/mol. The summed E-state index contributed by atoms with van der Waals surface area (Å²) in [5.41, 5.74) is 0. The van der Waals surface area contributed by atoms with Gasteiger partial charge in [0.1, 0.15) is 6.29 Å². The van der Waals surface area contributed by atoms with Gasteiger partial charge in [0.05, 0.1) is 6.54 Å². The van der Waals surface area contributed by atoms with Gasteiger partial charge >= 0.3 is 0 Å². The number of carbonyl (C=O) groups is 1. The van der Waals surface area contributed by atoms with Crippen LogP contribution in [-0.2, 0) is 15.0 Å². The van der Waals surface area contributed by atoms with Crippen LogP contribution >= 0.6 is 0 Å². The zero-order valence-electron chi connectivity index (χ0n) is 4.92. The molecule has 0 aliphatic rings. The highest BCUT2D eigenvalue weighted by Crippen LogP contribution is 1.67. The minimum Gasteiger partial charge on any atom is -0.302 e. The molecule has 0 aromatic heterocycles. The van der Waals surface area contributed by atoms with Crippen LogP contribution in [0.3, 0.4) is 0 Å². The fourth-order valence-corrected chi connectivity index (χ4v) is 0.648. The van der Waals surface area contributed by atoms with Crippen molar-refractivity contribution in [3.8, 4) is 0 Å². The lowest BCUT2D eigenvalue weighted by molar-refractivity contribution is -0.106. The van der Waals surface area contributed by atoms with Crippen molar-refractivity contribution in [2.75, 3.05) is 13.6 Å². The van der Waals surface area contributed by atoms with Crippen molar-refractivity contribution in [1.29, 1.82) is 0 Å². The van der Waals surface area contributed by atoms with Gasteiger partial charge in [0, 0.05) is 7.05 Å². The lowest BCUT2D eigenvalue weighted by Gasteiger charge is -1.97. The van der Waals surface area contributed by atoms with Crippen LogP contribution < -0.4 is 9.44 Å². The molecule has 0 rings (SSSR count). The lowest BCUT2D eigenvalue weighted by Crippen LogP contribution is -2.34. The van der Waals surface area contributed by atoms with Crippen molar-refractivity contribution in [1.82, 2.24) is 9.44 Å². The molecule has 0 aromatic carbocycles. The Balaban J connectivity index is 3.74. The number of hydrogen-bond donors (Lipinski definition) is 2. The highest BCUT2D eigenvalue weighted by Gasteiger charge is 2.01. The second kappa shape index (κ2) is 3.54. The third-order valence-corrected chi connectivity index (χ3v) is 1.71. The van der Waals surface area contributed by atoms with E-state index in [-0.39, 0.29) is 6.54 Å². The maximum absolute atomic E-state index is 10.4. The van der Waals surface area contributed by atoms with E-state index in [9.17, 15) is 13.2 Å². The first-order valence-corrected chi connectivity index (χ1v) is 3.72. The van der Waals surface area contributed by atoms with Gasteiger partial charge in [-0.25, -0.2) is 4.72 Å². The zero-order chi connectivity index (χ0) is 7.33. The fraction of sp³-hybridized carbons (Fsp3) is 0.667.